The zero-order valence-corrected chi connectivity index (χ0v) is 13.1. The Morgan fingerprint density at radius 3 is 2.61 bits per heavy atom. The van der Waals surface area contributed by atoms with Gasteiger partial charge >= 0.3 is 0 Å². The standard InChI is InChI=1S/C19H23NO3/c21-14-19(11-10-15-6-4-5-9-18(15)19)20-12-16(22)13-23-17-7-2-1-3-8-17/h1-9,16,20-22H,10-14H2. The Labute approximate surface area is 136 Å². The number of fused-ring (bicyclic) bond motifs is 1. The van der Waals surface area contributed by atoms with Crippen LogP contribution in [0.15, 0.2) is 54.6 Å². The van der Waals surface area contributed by atoms with Crippen molar-refractivity contribution < 1.29 is 14.9 Å². The van der Waals surface area contributed by atoms with Crippen LogP contribution < -0.4 is 10.1 Å². The van der Waals surface area contributed by atoms with Gasteiger partial charge in [0.1, 0.15) is 18.5 Å². The zero-order valence-electron chi connectivity index (χ0n) is 13.1. The number of ether oxygens (including phenoxy) is 1. The lowest BCUT2D eigenvalue weighted by atomic mass is 9.92. The molecule has 0 saturated carbocycles. The normalized spacial score (nSPS) is 21.0. The Morgan fingerprint density at radius 1 is 1.09 bits per heavy atom. The van der Waals surface area contributed by atoms with Gasteiger partial charge < -0.3 is 20.3 Å². The van der Waals surface area contributed by atoms with E-state index in [4.69, 9.17) is 4.74 Å². The van der Waals surface area contributed by atoms with Gasteiger partial charge in [0, 0.05) is 6.54 Å². The summed E-state index contributed by atoms with van der Waals surface area (Å²) < 4.78 is 5.57. The van der Waals surface area contributed by atoms with Gasteiger partial charge in [-0.15, -0.1) is 0 Å². The maximum Gasteiger partial charge on any atom is 0.119 e. The van der Waals surface area contributed by atoms with E-state index < -0.39 is 11.6 Å². The van der Waals surface area contributed by atoms with Gasteiger partial charge in [-0.25, -0.2) is 0 Å². The van der Waals surface area contributed by atoms with Crippen molar-refractivity contribution in [2.24, 2.45) is 0 Å². The van der Waals surface area contributed by atoms with Gasteiger partial charge in [-0.05, 0) is 36.1 Å². The second-order valence-corrected chi connectivity index (χ2v) is 6.06. The van der Waals surface area contributed by atoms with Crippen molar-refractivity contribution in [3.8, 4) is 5.75 Å². The predicted molar refractivity (Wildman–Crippen MR) is 89.5 cm³/mol. The molecule has 2 unspecified atom stereocenters. The lowest BCUT2D eigenvalue weighted by Crippen LogP contribution is -2.48. The molecular weight excluding hydrogens is 290 g/mol. The number of benzene rings is 2. The summed E-state index contributed by atoms with van der Waals surface area (Å²) in [5, 5.41) is 23.4. The molecule has 4 heteroatoms. The van der Waals surface area contributed by atoms with Crippen LogP contribution in [0.5, 0.6) is 5.75 Å². The van der Waals surface area contributed by atoms with Crippen molar-refractivity contribution in [2.45, 2.75) is 24.5 Å². The molecule has 0 radical (unpaired) electrons. The molecule has 2 aromatic rings. The lowest BCUT2D eigenvalue weighted by Gasteiger charge is -2.31. The molecule has 2 aromatic carbocycles. The number of aliphatic hydroxyl groups excluding tert-OH is 2. The van der Waals surface area contributed by atoms with Crippen molar-refractivity contribution in [1.29, 1.82) is 0 Å². The fourth-order valence-corrected chi connectivity index (χ4v) is 3.17. The maximum atomic E-state index is 10.2. The number of hydrogen-bond acceptors (Lipinski definition) is 4. The molecule has 0 spiro atoms. The minimum atomic E-state index is -0.633. The Kier molecular flexibility index (Phi) is 4.96. The average Bonchev–Trinajstić information content (AvgIpc) is 2.98. The SMILES string of the molecule is OCC1(NCC(O)COc2ccccc2)CCc2ccccc21. The zero-order chi connectivity index (χ0) is 16.1. The van der Waals surface area contributed by atoms with E-state index in [1.807, 2.05) is 42.5 Å². The third kappa shape index (κ3) is 3.55. The van der Waals surface area contributed by atoms with Crippen LogP contribution in [0.3, 0.4) is 0 Å². The van der Waals surface area contributed by atoms with Gasteiger partial charge in [0.2, 0.25) is 0 Å². The molecule has 0 amide bonds. The molecule has 0 fully saturated rings. The lowest BCUT2D eigenvalue weighted by molar-refractivity contribution is 0.0833. The van der Waals surface area contributed by atoms with Crippen LogP contribution in [0, 0.1) is 0 Å². The van der Waals surface area contributed by atoms with Crippen LogP contribution in [-0.4, -0.2) is 36.1 Å². The van der Waals surface area contributed by atoms with E-state index >= 15 is 0 Å². The van der Waals surface area contributed by atoms with Crippen LogP contribution in [0.2, 0.25) is 0 Å². The quantitative estimate of drug-likeness (QED) is 0.730. The number of aliphatic hydroxyl groups is 2. The minimum Gasteiger partial charge on any atom is -0.491 e. The van der Waals surface area contributed by atoms with Gasteiger partial charge in [0.15, 0.2) is 0 Å². The molecule has 0 aliphatic heterocycles. The van der Waals surface area contributed by atoms with Crippen LogP contribution in [-0.2, 0) is 12.0 Å². The summed E-state index contributed by atoms with van der Waals surface area (Å²) in [4.78, 5) is 0. The number of rotatable bonds is 7. The smallest absolute Gasteiger partial charge is 0.119 e. The number of nitrogens with one attached hydrogen (secondary N) is 1. The summed E-state index contributed by atoms with van der Waals surface area (Å²) in [7, 11) is 0. The minimum absolute atomic E-state index is 0.0241. The van der Waals surface area contributed by atoms with Gasteiger partial charge in [-0.3, -0.25) is 0 Å². The Balaban J connectivity index is 1.56. The Morgan fingerprint density at radius 2 is 1.83 bits per heavy atom. The van der Waals surface area contributed by atoms with Gasteiger partial charge in [0.05, 0.1) is 12.1 Å². The Bertz CT molecular complexity index is 632. The topological polar surface area (TPSA) is 61.7 Å². The van der Waals surface area contributed by atoms with Crippen molar-refractivity contribution in [3.05, 3.63) is 65.7 Å². The first-order valence-electron chi connectivity index (χ1n) is 8.04. The largest absolute Gasteiger partial charge is 0.491 e. The van der Waals surface area contributed by atoms with E-state index in [0.717, 1.165) is 24.2 Å². The molecule has 23 heavy (non-hydrogen) atoms. The van der Waals surface area contributed by atoms with Crippen molar-refractivity contribution in [3.63, 3.8) is 0 Å². The van der Waals surface area contributed by atoms with Gasteiger partial charge in [-0.1, -0.05) is 42.5 Å². The number of para-hydroxylation sites is 1. The summed E-state index contributed by atoms with van der Waals surface area (Å²) >= 11 is 0. The van der Waals surface area contributed by atoms with E-state index in [1.54, 1.807) is 0 Å². The molecule has 0 heterocycles. The van der Waals surface area contributed by atoms with Crippen molar-refractivity contribution in [2.75, 3.05) is 19.8 Å². The summed E-state index contributed by atoms with van der Waals surface area (Å²) in [5.41, 5.74) is 1.95. The van der Waals surface area contributed by atoms with Crippen LogP contribution in [0.25, 0.3) is 0 Å². The van der Waals surface area contributed by atoms with E-state index in [9.17, 15) is 10.2 Å². The first-order valence-corrected chi connectivity index (χ1v) is 8.04. The van der Waals surface area contributed by atoms with E-state index in [-0.39, 0.29) is 13.2 Å². The van der Waals surface area contributed by atoms with E-state index in [0.29, 0.717) is 6.54 Å². The summed E-state index contributed by atoms with van der Waals surface area (Å²) in [6, 6.07) is 17.6. The van der Waals surface area contributed by atoms with Gasteiger partial charge in [-0.2, -0.15) is 0 Å². The van der Waals surface area contributed by atoms with Crippen molar-refractivity contribution >= 4 is 0 Å². The predicted octanol–water partition coefficient (Wildman–Crippen LogP) is 1.85. The monoisotopic (exact) mass is 313 g/mol. The molecular formula is C19H23NO3. The molecule has 1 aliphatic carbocycles. The highest BCUT2D eigenvalue weighted by Crippen LogP contribution is 2.36. The first kappa shape index (κ1) is 16.0. The van der Waals surface area contributed by atoms with Gasteiger partial charge in [0.25, 0.3) is 0 Å². The highest BCUT2D eigenvalue weighted by molar-refractivity contribution is 5.38. The third-order valence-electron chi connectivity index (χ3n) is 4.49. The van der Waals surface area contributed by atoms with Crippen molar-refractivity contribution in [1.82, 2.24) is 5.32 Å². The summed E-state index contributed by atoms with van der Waals surface area (Å²) in [6.45, 7) is 0.623. The Hall–Kier alpha value is -1.88. The number of hydrogen-bond donors (Lipinski definition) is 3. The average molecular weight is 313 g/mol. The maximum absolute atomic E-state index is 10.2. The third-order valence-corrected chi connectivity index (χ3v) is 4.49. The highest BCUT2D eigenvalue weighted by atomic mass is 16.5. The first-order chi connectivity index (χ1) is 11.2. The highest BCUT2D eigenvalue weighted by Gasteiger charge is 2.37. The second kappa shape index (κ2) is 7.13. The number of aryl methyl sites for hydroxylation is 1. The molecule has 2 atom stereocenters. The fourth-order valence-electron chi connectivity index (χ4n) is 3.17. The summed E-state index contributed by atoms with van der Waals surface area (Å²) in [5.74, 6) is 0.745. The van der Waals surface area contributed by atoms with E-state index in [2.05, 4.69) is 17.4 Å². The van der Waals surface area contributed by atoms with E-state index in [1.165, 1.54) is 5.56 Å². The molecule has 0 saturated heterocycles. The van der Waals surface area contributed by atoms with Crippen LogP contribution in [0.4, 0.5) is 0 Å². The molecule has 0 bridgehead atoms. The molecule has 4 nitrogen and oxygen atoms in total. The molecule has 1 aliphatic rings. The molecule has 122 valence electrons. The summed E-state index contributed by atoms with van der Waals surface area (Å²) in [6.07, 6.45) is 1.15. The molecule has 0 aromatic heterocycles. The van der Waals surface area contributed by atoms with Crippen LogP contribution in [0.1, 0.15) is 17.5 Å². The molecule has 3 rings (SSSR count). The fraction of sp³-hybridized carbons (Fsp3) is 0.368. The molecule has 3 N–H and O–H groups in total. The van der Waals surface area contributed by atoms with Crippen LogP contribution >= 0.6 is 0 Å². The second-order valence-electron chi connectivity index (χ2n) is 6.06.